The number of benzene rings is 3. The minimum atomic E-state index is -1.10. The van der Waals surface area contributed by atoms with E-state index in [1.54, 1.807) is 56.3 Å². The van der Waals surface area contributed by atoms with Crippen LogP contribution in [0.25, 0.3) is 22.6 Å². The fourth-order valence-corrected chi connectivity index (χ4v) is 3.14. The maximum atomic E-state index is 13.5. The highest BCUT2D eigenvalue weighted by atomic mass is 79.9. The molecule has 0 fully saturated rings. The number of aromatic nitrogens is 1. The second kappa shape index (κ2) is 7.91. The van der Waals surface area contributed by atoms with Crippen LogP contribution in [0, 0.1) is 5.82 Å². The lowest BCUT2D eigenvalue weighted by atomic mass is 10.1. The van der Waals surface area contributed by atoms with Crippen molar-refractivity contribution in [2.24, 2.45) is 0 Å². The van der Waals surface area contributed by atoms with E-state index in [0.717, 1.165) is 4.47 Å². The molecule has 0 aliphatic rings. The molecule has 1 heterocycles. The first-order valence-corrected chi connectivity index (χ1v) is 10.0. The Balaban J connectivity index is 1.52. The van der Waals surface area contributed by atoms with Crippen molar-refractivity contribution in [1.29, 1.82) is 0 Å². The monoisotopic (exact) mass is 468 g/mol. The van der Waals surface area contributed by atoms with Crippen molar-refractivity contribution in [3.63, 3.8) is 0 Å². The summed E-state index contributed by atoms with van der Waals surface area (Å²) in [5, 5.41) is 2.85. The SMILES string of the molecule is CC(C)(Oc1ccc(Br)cc1)C(=O)Nc1ccc2oc(-c3cccc(F)c3)nc2c1. The molecular weight excluding hydrogens is 451 g/mol. The van der Waals surface area contributed by atoms with Gasteiger partial charge in [0.05, 0.1) is 0 Å². The highest BCUT2D eigenvalue weighted by Crippen LogP contribution is 2.27. The number of rotatable bonds is 5. The molecule has 152 valence electrons. The number of halogens is 2. The molecule has 0 spiro atoms. The van der Waals surface area contributed by atoms with Crippen LogP contribution in [-0.4, -0.2) is 16.5 Å². The Morgan fingerprint density at radius 2 is 1.87 bits per heavy atom. The van der Waals surface area contributed by atoms with Crippen molar-refractivity contribution in [3.8, 4) is 17.2 Å². The van der Waals surface area contributed by atoms with Gasteiger partial charge in [0.15, 0.2) is 11.2 Å². The Labute approximate surface area is 181 Å². The lowest BCUT2D eigenvalue weighted by molar-refractivity contribution is -0.128. The molecule has 1 N–H and O–H groups in total. The van der Waals surface area contributed by atoms with Gasteiger partial charge in [-0.2, -0.15) is 0 Å². The molecule has 5 nitrogen and oxygen atoms in total. The molecule has 0 saturated heterocycles. The minimum Gasteiger partial charge on any atom is -0.478 e. The number of oxazole rings is 1. The van der Waals surface area contributed by atoms with E-state index < -0.39 is 5.60 Å². The van der Waals surface area contributed by atoms with Crippen LogP contribution in [0.3, 0.4) is 0 Å². The number of nitrogens with zero attached hydrogens (tertiary/aromatic N) is 1. The van der Waals surface area contributed by atoms with Gasteiger partial charge in [-0.1, -0.05) is 22.0 Å². The molecule has 4 aromatic rings. The van der Waals surface area contributed by atoms with Crippen LogP contribution in [0.1, 0.15) is 13.8 Å². The summed E-state index contributed by atoms with van der Waals surface area (Å²) in [6.07, 6.45) is 0. The number of amides is 1. The number of fused-ring (bicyclic) bond motifs is 1. The largest absolute Gasteiger partial charge is 0.478 e. The number of anilines is 1. The van der Waals surface area contributed by atoms with Gasteiger partial charge in [-0.15, -0.1) is 0 Å². The zero-order valence-electron chi connectivity index (χ0n) is 16.3. The van der Waals surface area contributed by atoms with E-state index in [0.29, 0.717) is 34.0 Å². The average Bonchev–Trinajstić information content (AvgIpc) is 3.13. The Bertz CT molecular complexity index is 1220. The van der Waals surface area contributed by atoms with Gasteiger partial charge in [0.25, 0.3) is 5.91 Å². The lowest BCUT2D eigenvalue weighted by Crippen LogP contribution is -2.42. The fraction of sp³-hybridized carbons (Fsp3) is 0.130. The first kappa shape index (κ1) is 20.1. The Morgan fingerprint density at radius 3 is 2.60 bits per heavy atom. The zero-order valence-corrected chi connectivity index (χ0v) is 17.9. The fourth-order valence-electron chi connectivity index (χ4n) is 2.88. The van der Waals surface area contributed by atoms with Crippen LogP contribution >= 0.6 is 15.9 Å². The molecule has 0 radical (unpaired) electrons. The lowest BCUT2D eigenvalue weighted by Gasteiger charge is -2.25. The first-order valence-electron chi connectivity index (χ1n) is 9.23. The second-order valence-electron chi connectivity index (χ2n) is 7.23. The first-order chi connectivity index (χ1) is 14.3. The van der Waals surface area contributed by atoms with Crippen molar-refractivity contribution >= 4 is 38.6 Å². The Hall–Kier alpha value is -3.19. The highest BCUT2D eigenvalue weighted by Gasteiger charge is 2.30. The molecule has 0 bridgehead atoms. The average molecular weight is 469 g/mol. The maximum Gasteiger partial charge on any atom is 0.267 e. The third-order valence-electron chi connectivity index (χ3n) is 4.45. The summed E-state index contributed by atoms with van der Waals surface area (Å²) in [5.41, 5.74) is 1.09. The van der Waals surface area contributed by atoms with Gasteiger partial charge < -0.3 is 14.5 Å². The Kier molecular flexibility index (Phi) is 5.30. The number of carbonyl (C=O) groups is 1. The maximum absolute atomic E-state index is 13.5. The van der Waals surface area contributed by atoms with E-state index in [1.165, 1.54) is 12.1 Å². The third-order valence-corrected chi connectivity index (χ3v) is 4.98. The summed E-state index contributed by atoms with van der Waals surface area (Å²) < 4.78 is 26.0. The predicted octanol–water partition coefficient (Wildman–Crippen LogP) is 6.19. The standard InChI is InChI=1S/C23H18BrFN2O3/c1-23(2,30-18-9-6-15(24)7-10-18)22(28)26-17-8-11-20-19(13-17)27-21(29-20)14-4-3-5-16(25)12-14/h3-13H,1-2H3,(H,26,28). The molecule has 1 amide bonds. The van der Waals surface area contributed by atoms with E-state index in [2.05, 4.69) is 26.2 Å². The zero-order chi connectivity index (χ0) is 21.3. The van der Waals surface area contributed by atoms with Gasteiger partial charge >= 0.3 is 0 Å². The van der Waals surface area contributed by atoms with Gasteiger partial charge in [-0.3, -0.25) is 4.79 Å². The smallest absolute Gasteiger partial charge is 0.267 e. The van der Waals surface area contributed by atoms with Crippen molar-refractivity contribution in [1.82, 2.24) is 4.98 Å². The number of hydrogen-bond donors (Lipinski definition) is 1. The molecule has 0 atom stereocenters. The van der Waals surface area contributed by atoms with Gasteiger partial charge in [0, 0.05) is 15.7 Å². The summed E-state index contributed by atoms with van der Waals surface area (Å²) in [6.45, 7) is 3.39. The van der Waals surface area contributed by atoms with E-state index in [-0.39, 0.29) is 11.7 Å². The van der Waals surface area contributed by atoms with E-state index >= 15 is 0 Å². The van der Waals surface area contributed by atoms with Crippen LogP contribution in [0.4, 0.5) is 10.1 Å². The van der Waals surface area contributed by atoms with Crippen LogP contribution in [0.15, 0.2) is 75.6 Å². The third kappa shape index (κ3) is 4.36. The van der Waals surface area contributed by atoms with Crippen molar-refractivity contribution in [2.75, 3.05) is 5.32 Å². The molecule has 4 rings (SSSR count). The molecule has 0 aliphatic heterocycles. The second-order valence-corrected chi connectivity index (χ2v) is 8.15. The van der Waals surface area contributed by atoms with Crippen molar-refractivity contribution in [2.45, 2.75) is 19.4 Å². The normalized spacial score (nSPS) is 11.5. The number of hydrogen-bond acceptors (Lipinski definition) is 4. The van der Waals surface area contributed by atoms with Crippen molar-refractivity contribution < 1.29 is 18.3 Å². The Morgan fingerprint density at radius 1 is 1.10 bits per heavy atom. The van der Waals surface area contributed by atoms with Gasteiger partial charge in [0.2, 0.25) is 5.89 Å². The molecule has 7 heteroatoms. The van der Waals surface area contributed by atoms with Crippen LogP contribution < -0.4 is 10.1 Å². The van der Waals surface area contributed by atoms with E-state index in [4.69, 9.17) is 9.15 Å². The molecule has 0 unspecified atom stereocenters. The van der Waals surface area contributed by atoms with Crippen molar-refractivity contribution in [3.05, 3.63) is 77.0 Å². The number of nitrogens with one attached hydrogen (secondary N) is 1. The molecule has 1 aromatic heterocycles. The van der Waals surface area contributed by atoms with E-state index in [9.17, 15) is 9.18 Å². The summed E-state index contributed by atoms with van der Waals surface area (Å²) in [7, 11) is 0. The topological polar surface area (TPSA) is 64.4 Å². The highest BCUT2D eigenvalue weighted by molar-refractivity contribution is 9.10. The summed E-state index contributed by atoms with van der Waals surface area (Å²) in [4.78, 5) is 17.2. The van der Waals surface area contributed by atoms with Gasteiger partial charge in [-0.05, 0) is 74.5 Å². The van der Waals surface area contributed by atoms with Gasteiger partial charge in [0.1, 0.15) is 17.1 Å². The quantitative estimate of drug-likeness (QED) is 0.379. The summed E-state index contributed by atoms with van der Waals surface area (Å²) in [5.74, 6) is 0.228. The molecule has 3 aromatic carbocycles. The van der Waals surface area contributed by atoms with Gasteiger partial charge in [-0.25, -0.2) is 9.37 Å². The summed E-state index contributed by atoms with van der Waals surface area (Å²) in [6, 6.07) is 18.4. The number of ether oxygens (including phenoxy) is 1. The predicted molar refractivity (Wildman–Crippen MR) is 117 cm³/mol. The molecular formula is C23H18BrFN2O3. The van der Waals surface area contributed by atoms with Crippen LogP contribution in [0.2, 0.25) is 0 Å². The molecule has 0 aliphatic carbocycles. The van der Waals surface area contributed by atoms with Crippen LogP contribution in [0.5, 0.6) is 5.75 Å². The number of carbonyl (C=O) groups excluding carboxylic acids is 1. The molecule has 0 saturated carbocycles. The van der Waals surface area contributed by atoms with E-state index in [1.807, 2.05) is 12.1 Å². The van der Waals surface area contributed by atoms with Crippen LogP contribution in [-0.2, 0) is 4.79 Å². The minimum absolute atomic E-state index is 0.307. The molecule has 30 heavy (non-hydrogen) atoms. The summed E-state index contributed by atoms with van der Waals surface area (Å²) >= 11 is 3.37.